The Balaban J connectivity index is 1.04. The first-order chi connectivity index (χ1) is 43.8. The molecule has 0 bridgehead atoms. The number of fused-ring (bicyclic) bond motifs is 3. The number of aryl methyl sites for hydroxylation is 2. The minimum Gasteiger partial charge on any atom is -0.0622 e. The van der Waals surface area contributed by atoms with Gasteiger partial charge in [-0.3, -0.25) is 0 Å². The highest BCUT2D eigenvalue weighted by atomic mass is 14.4. The molecule has 0 unspecified atom stereocenters. The Morgan fingerprint density at radius 2 is 0.326 bits per heavy atom. The van der Waals surface area contributed by atoms with Gasteiger partial charge in [-0.2, -0.15) is 0 Å². The van der Waals surface area contributed by atoms with Crippen molar-refractivity contribution in [2.45, 2.75) is 33.1 Å². The highest BCUT2D eigenvalue weighted by molar-refractivity contribution is 6.17. The zero-order chi connectivity index (χ0) is 60.0. The van der Waals surface area contributed by atoms with Gasteiger partial charge in [0.1, 0.15) is 0 Å². The molecule has 14 aromatic rings. The van der Waals surface area contributed by atoms with E-state index in [-0.39, 0.29) is 0 Å². The van der Waals surface area contributed by atoms with E-state index in [1.807, 2.05) is 0 Å². The maximum absolute atomic E-state index is 2.56. The van der Waals surface area contributed by atoms with E-state index in [9.17, 15) is 0 Å². The summed E-state index contributed by atoms with van der Waals surface area (Å²) < 4.78 is 0. The molecule has 0 heterocycles. The Bertz CT molecular complexity index is 4560. The standard InChI is InChI=1S/C89H66/c1-59-45-49-69(50-46-59)85-81(65-37-21-9-22-38-65)77(61-29-13-5-14-30-61)79(63-33-17-7-18-34-63)83(67-41-25-11-26-42-67)87(85)71-53-55-73-74-56-54-72(58-76(74)89(3,4)75(73)57-71)88-84(68-43-27-12-28-44-68)80(64-35-19-8-20-36-64)78(62-31-15-6-16-32-62)82(66-39-23-10-24-40-66)86(88)70-51-47-60(2)48-52-70/h5-58H,1-4H3. The van der Waals surface area contributed by atoms with Crippen LogP contribution in [-0.4, -0.2) is 0 Å². The SMILES string of the molecule is Cc1ccc(-c2c(-c3ccccc3)c(-c3ccccc3)c(-c3ccccc3)c(-c3ccccc3)c2-c2ccc3c(c2)C(C)(C)c2cc(-c4c(-c5ccccc5)c(-c5ccccc5)c(-c5ccccc5)c(-c5ccccc5)c4-c4ccc(C)cc4)ccc2-3)cc1. The highest BCUT2D eigenvalue weighted by Gasteiger charge is 2.38. The van der Waals surface area contributed by atoms with Crippen LogP contribution in [0.2, 0.25) is 0 Å². The third kappa shape index (κ3) is 9.75. The minimum absolute atomic E-state index is 0.423. The average Bonchev–Trinajstić information content (AvgIpc) is 1.67. The Morgan fingerprint density at radius 1 is 0.169 bits per heavy atom. The molecule has 0 heteroatoms. The number of rotatable bonds is 12. The lowest BCUT2D eigenvalue weighted by molar-refractivity contribution is 0.661. The van der Waals surface area contributed by atoms with Crippen LogP contribution in [0, 0.1) is 13.8 Å². The fraction of sp³-hybridized carbons (Fsp3) is 0.0562. The predicted molar refractivity (Wildman–Crippen MR) is 379 cm³/mol. The van der Waals surface area contributed by atoms with Crippen molar-refractivity contribution in [2.24, 2.45) is 0 Å². The van der Waals surface area contributed by atoms with Gasteiger partial charge in [0, 0.05) is 5.41 Å². The summed E-state index contributed by atoms with van der Waals surface area (Å²) in [4.78, 5) is 0. The van der Waals surface area contributed by atoms with E-state index in [1.54, 1.807) is 0 Å². The predicted octanol–water partition coefficient (Wildman–Crippen LogP) is 24.6. The van der Waals surface area contributed by atoms with Gasteiger partial charge >= 0.3 is 0 Å². The maximum atomic E-state index is 2.56. The number of benzene rings is 14. The fourth-order valence-electron chi connectivity index (χ4n) is 14.3. The van der Waals surface area contributed by atoms with Gasteiger partial charge in [-0.15, -0.1) is 0 Å². The maximum Gasteiger partial charge on any atom is 0.0159 e. The highest BCUT2D eigenvalue weighted by Crippen LogP contribution is 2.60. The van der Waals surface area contributed by atoms with Crippen molar-refractivity contribution in [3.05, 3.63) is 350 Å². The zero-order valence-corrected chi connectivity index (χ0v) is 50.7. The molecular weight excluding hydrogens is 1070 g/mol. The molecule has 0 aromatic heterocycles. The van der Waals surface area contributed by atoms with Crippen LogP contribution in [-0.2, 0) is 5.41 Å². The summed E-state index contributed by atoms with van der Waals surface area (Å²) in [6.07, 6.45) is 0. The van der Waals surface area contributed by atoms with Crippen molar-refractivity contribution in [1.29, 1.82) is 0 Å². The molecule has 0 saturated carbocycles. The van der Waals surface area contributed by atoms with Crippen LogP contribution in [0.1, 0.15) is 36.1 Å². The van der Waals surface area contributed by atoms with Crippen LogP contribution in [0.3, 0.4) is 0 Å². The molecular formula is C89H66. The second kappa shape index (κ2) is 23.1. The largest absolute Gasteiger partial charge is 0.0622 e. The lowest BCUT2D eigenvalue weighted by atomic mass is 9.73. The lowest BCUT2D eigenvalue weighted by Crippen LogP contribution is -2.15. The van der Waals surface area contributed by atoms with Crippen LogP contribution in [0.25, 0.3) is 145 Å². The van der Waals surface area contributed by atoms with Gasteiger partial charge < -0.3 is 0 Å². The first kappa shape index (κ1) is 54.7. The molecule has 0 radical (unpaired) electrons. The van der Waals surface area contributed by atoms with E-state index in [1.165, 1.54) is 167 Å². The number of hydrogen-bond acceptors (Lipinski definition) is 0. The topological polar surface area (TPSA) is 0 Å². The van der Waals surface area contributed by atoms with Gasteiger partial charge in [0.2, 0.25) is 0 Å². The normalized spacial score (nSPS) is 12.1. The Kier molecular flexibility index (Phi) is 14.2. The number of hydrogen-bond donors (Lipinski definition) is 0. The quantitative estimate of drug-likeness (QED) is 0.114. The van der Waals surface area contributed by atoms with Crippen molar-refractivity contribution in [3.8, 4) is 145 Å². The summed E-state index contributed by atoms with van der Waals surface area (Å²) in [5.74, 6) is 0. The van der Waals surface area contributed by atoms with E-state index in [0.29, 0.717) is 0 Å². The molecule has 422 valence electrons. The van der Waals surface area contributed by atoms with Gasteiger partial charge in [-0.1, -0.05) is 340 Å². The second-order valence-electron chi connectivity index (χ2n) is 24.3. The summed E-state index contributed by atoms with van der Waals surface area (Å²) in [5, 5.41) is 0. The molecule has 0 N–H and O–H groups in total. The first-order valence-electron chi connectivity index (χ1n) is 31.2. The summed E-state index contributed by atoms with van der Waals surface area (Å²) in [5.41, 5.74) is 35.8. The molecule has 0 spiro atoms. The molecule has 1 aliphatic carbocycles. The zero-order valence-electron chi connectivity index (χ0n) is 50.7. The Morgan fingerprint density at radius 3 is 0.517 bits per heavy atom. The van der Waals surface area contributed by atoms with Crippen molar-refractivity contribution >= 4 is 0 Å². The van der Waals surface area contributed by atoms with Crippen molar-refractivity contribution < 1.29 is 0 Å². The van der Waals surface area contributed by atoms with Gasteiger partial charge in [-0.05, 0) is 182 Å². The lowest BCUT2D eigenvalue weighted by Gasteiger charge is -2.30. The molecule has 0 aliphatic heterocycles. The minimum atomic E-state index is -0.423. The average molecular weight is 1140 g/mol. The summed E-state index contributed by atoms with van der Waals surface area (Å²) in [6, 6.07) is 122. The molecule has 0 amide bonds. The molecule has 0 atom stereocenters. The van der Waals surface area contributed by atoms with E-state index in [2.05, 4.69) is 355 Å². The van der Waals surface area contributed by atoms with Crippen LogP contribution in [0.15, 0.2) is 328 Å². The monoisotopic (exact) mass is 1130 g/mol. The third-order valence-electron chi connectivity index (χ3n) is 18.4. The van der Waals surface area contributed by atoms with Crippen molar-refractivity contribution in [1.82, 2.24) is 0 Å². The summed E-state index contributed by atoms with van der Waals surface area (Å²) in [7, 11) is 0. The summed E-state index contributed by atoms with van der Waals surface area (Å²) in [6.45, 7) is 9.28. The van der Waals surface area contributed by atoms with E-state index >= 15 is 0 Å². The van der Waals surface area contributed by atoms with Gasteiger partial charge in [0.25, 0.3) is 0 Å². The Labute approximate surface area is 524 Å². The third-order valence-corrected chi connectivity index (χ3v) is 18.4. The Hall–Kier alpha value is -10.9. The van der Waals surface area contributed by atoms with Crippen LogP contribution in [0.5, 0.6) is 0 Å². The van der Waals surface area contributed by atoms with Gasteiger partial charge in [0.15, 0.2) is 0 Å². The molecule has 14 aromatic carbocycles. The molecule has 89 heavy (non-hydrogen) atoms. The fourth-order valence-corrected chi connectivity index (χ4v) is 14.3. The van der Waals surface area contributed by atoms with Crippen LogP contribution >= 0.6 is 0 Å². The molecule has 1 aliphatic rings. The second-order valence-corrected chi connectivity index (χ2v) is 24.3. The van der Waals surface area contributed by atoms with Crippen molar-refractivity contribution in [2.75, 3.05) is 0 Å². The molecule has 15 rings (SSSR count). The van der Waals surface area contributed by atoms with E-state index in [4.69, 9.17) is 0 Å². The molecule has 0 saturated heterocycles. The first-order valence-corrected chi connectivity index (χ1v) is 31.2. The smallest absolute Gasteiger partial charge is 0.0159 e. The van der Waals surface area contributed by atoms with E-state index < -0.39 is 5.41 Å². The van der Waals surface area contributed by atoms with E-state index in [0.717, 1.165) is 0 Å². The van der Waals surface area contributed by atoms with Gasteiger partial charge in [0.05, 0.1) is 0 Å². The summed E-state index contributed by atoms with van der Waals surface area (Å²) >= 11 is 0. The molecule has 0 nitrogen and oxygen atoms in total. The van der Waals surface area contributed by atoms with Crippen LogP contribution in [0.4, 0.5) is 0 Å². The molecule has 0 fully saturated rings. The van der Waals surface area contributed by atoms with Crippen LogP contribution < -0.4 is 0 Å². The van der Waals surface area contributed by atoms with Crippen molar-refractivity contribution in [3.63, 3.8) is 0 Å². The van der Waals surface area contributed by atoms with Gasteiger partial charge in [-0.25, -0.2) is 0 Å².